The van der Waals surface area contributed by atoms with E-state index in [4.69, 9.17) is 0 Å². The largest absolute Gasteiger partial charge is 0.330 e. The molecule has 7 heteroatoms. The highest BCUT2D eigenvalue weighted by molar-refractivity contribution is 7.89. The highest BCUT2D eigenvalue weighted by Gasteiger charge is 2.27. The van der Waals surface area contributed by atoms with Crippen LogP contribution in [0.3, 0.4) is 0 Å². The molecule has 2 aromatic carbocycles. The maximum absolute atomic E-state index is 13.4. The first kappa shape index (κ1) is 23.1. The van der Waals surface area contributed by atoms with Crippen LogP contribution in [0.1, 0.15) is 46.8 Å². The second-order valence-corrected chi connectivity index (χ2v) is 10.3. The standard InChI is InChI=1S/C26H29N3O3S/c1-2-21-7-9-22(10-8-21)19-28(20-23-6-5-15-27-18-23)26(30)24-11-13-25(14-12-24)33(31,32)29-16-3-4-17-29/h5-15,18H,2-4,16-17,19-20H2,1H3. The number of rotatable bonds is 8. The smallest absolute Gasteiger partial charge is 0.254 e. The molecule has 0 N–H and O–H groups in total. The van der Waals surface area contributed by atoms with Gasteiger partial charge in [0.2, 0.25) is 10.0 Å². The highest BCUT2D eigenvalue weighted by Crippen LogP contribution is 2.22. The van der Waals surface area contributed by atoms with Gasteiger partial charge in [-0.15, -0.1) is 0 Å². The molecular weight excluding hydrogens is 434 g/mol. The first-order valence-corrected chi connectivity index (χ1v) is 12.8. The number of carbonyl (C=O) groups excluding carboxylic acids is 1. The average molecular weight is 464 g/mol. The summed E-state index contributed by atoms with van der Waals surface area (Å²) in [6, 6.07) is 18.4. The molecule has 1 aromatic heterocycles. The zero-order chi connectivity index (χ0) is 23.3. The fourth-order valence-corrected chi connectivity index (χ4v) is 5.56. The van der Waals surface area contributed by atoms with E-state index in [-0.39, 0.29) is 10.8 Å². The van der Waals surface area contributed by atoms with Gasteiger partial charge >= 0.3 is 0 Å². The van der Waals surface area contributed by atoms with Crippen LogP contribution < -0.4 is 0 Å². The molecular formula is C26H29N3O3S. The minimum Gasteiger partial charge on any atom is -0.330 e. The van der Waals surface area contributed by atoms with Crippen LogP contribution in [0.4, 0.5) is 0 Å². The lowest BCUT2D eigenvalue weighted by atomic mass is 10.1. The van der Waals surface area contributed by atoms with Crippen LogP contribution in [0.15, 0.2) is 78.0 Å². The van der Waals surface area contributed by atoms with Crippen LogP contribution in [-0.2, 0) is 29.5 Å². The number of aromatic nitrogens is 1. The summed E-state index contributed by atoms with van der Waals surface area (Å²) in [5.41, 5.74) is 3.69. The van der Waals surface area contributed by atoms with Crippen LogP contribution in [0.5, 0.6) is 0 Å². The van der Waals surface area contributed by atoms with Crippen LogP contribution in [-0.4, -0.2) is 41.6 Å². The first-order valence-electron chi connectivity index (χ1n) is 11.3. The molecule has 1 fully saturated rings. The summed E-state index contributed by atoms with van der Waals surface area (Å²) in [5, 5.41) is 0. The van der Waals surface area contributed by atoms with Crippen LogP contribution in [0, 0.1) is 0 Å². The molecule has 1 aliphatic rings. The topological polar surface area (TPSA) is 70.6 Å². The maximum atomic E-state index is 13.4. The lowest BCUT2D eigenvalue weighted by Gasteiger charge is -2.23. The lowest BCUT2D eigenvalue weighted by molar-refractivity contribution is 0.0729. The number of sulfonamides is 1. The van der Waals surface area contributed by atoms with E-state index in [0.29, 0.717) is 31.7 Å². The number of amides is 1. The van der Waals surface area contributed by atoms with Crippen LogP contribution >= 0.6 is 0 Å². The van der Waals surface area contributed by atoms with Gasteiger partial charge in [0.05, 0.1) is 4.90 Å². The molecule has 33 heavy (non-hydrogen) atoms. The molecule has 3 aromatic rings. The number of hydrogen-bond acceptors (Lipinski definition) is 4. The molecule has 0 bridgehead atoms. The Balaban J connectivity index is 1.57. The fraction of sp³-hybridized carbons (Fsp3) is 0.308. The summed E-state index contributed by atoms with van der Waals surface area (Å²) in [4.78, 5) is 19.6. The Morgan fingerprint density at radius 3 is 2.15 bits per heavy atom. The minimum absolute atomic E-state index is 0.149. The van der Waals surface area contributed by atoms with Crippen molar-refractivity contribution in [2.24, 2.45) is 0 Å². The number of benzene rings is 2. The summed E-state index contributed by atoms with van der Waals surface area (Å²) in [6.45, 7) is 4.08. The van der Waals surface area contributed by atoms with Gasteiger partial charge in [-0.2, -0.15) is 4.31 Å². The molecule has 1 aliphatic heterocycles. The molecule has 1 saturated heterocycles. The van der Waals surface area contributed by atoms with E-state index in [2.05, 4.69) is 24.0 Å². The summed E-state index contributed by atoms with van der Waals surface area (Å²) in [5.74, 6) is -0.149. The Hall–Kier alpha value is -3.03. The van der Waals surface area contributed by atoms with Crippen LogP contribution in [0.2, 0.25) is 0 Å². The first-order chi connectivity index (χ1) is 16.0. The average Bonchev–Trinajstić information content (AvgIpc) is 3.40. The van der Waals surface area contributed by atoms with Crippen LogP contribution in [0.25, 0.3) is 0 Å². The number of pyridine rings is 1. The van der Waals surface area contributed by atoms with Gasteiger partial charge in [0.15, 0.2) is 0 Å². The van der Waals surface area contributed by atoms with E-state index >= 15 is 0 Å². The second kappa shape index (κ2) is 10.3. The van der Waals surface area contributed by atoms with Crippen molar-refractivity contribution in [1.82, 2.24) is 14.2 Å². The number of hydrogen-bond donors (Lipinski definition) is 0. The Morgan fingerprint density at radius 1 is 0.909 bits per heavy atom. The monoisotopic (exact) mass is 463 g/mol. The third-order valence-electron chi connectivity index (χ3n) is 5.99. The van der Waals surface area contributed by atoms with E-state index in [1.54, 1.807) is 41.6 Å². The Kier molecular flexibility index (Phi) is 7.20. The van der Waals surface area contributed by atoms with E-state index in [0.717, 1.165) is 30.4 Å². The molecule has 0 radical (unpaired) electrons. The number of aryl methyl sites for hydroxylation is 1. The molecule has 1 amide bonds. The molecule has 0 spiro atoms. The van der Waals surface area contributed by atoms with Gasteiger partial charge in [0, 0.05) is 44.1 Å². The van der Waals surface area contributed by atoms with Crippen molar-refractivity contribution in [1.29, 1.82) is 0 Å². The second-order valence-electron chi connectivity index (χ2n) is 8.33. The van der Waals surface area contributed by atoms with Gasteiger partial charge in [0.25, 0.3) is 5.91 Å². The van der Waals surface area contributed by atoms with Gasteiger partial charge in [-0.3, -0.25) is 9.78 Å². The highest BCUT2D eigenvalue weighted by atomic mass is 32.2. The van der Waals surface area contributed by atoms with Crippen molar-refractivity contribution >= 4 is 15.9 Å². The molecule has 0 atom stereocenters. The Bertz CT molecular complexity index is 1170. The molecule has 0 aliphatic carbocycles. The van der Waals surface area contributed by atoms with Gasteiger partial charge in [0.1, 0.15) is 0 Å². The Morgan fingerprint density at radius 2 is 1.55 bits per heavy atom. The van der Waals surface area contributed by atoms with Crippen molar-refractivity contribution in [3.63, 3.8) is 0 Å². The molecule has 0 saturated carbocycles. The molecule has 0 unspecified atom stereocenters. The van der Waals surface area contributed by atoms with Crippen molar-refractivity contribution in [3.05, 3.63) is 95.3 Å². The Labute approximate surface area is 195 Å². The summed E-state index contributed by atoms with van der Waals surface area (Å²) in [7, 11) is -3.50. The molecule has 2 heterocycles. The van der Waals surface area contributed by atoms with Crippen molar-refractivity contribution in [3.8, 4) is 0 Å². The minimum atomic E-state index is -3.50. The predicted molar refractivity (Wildman–Crippen MR) is 128 cm³/mol. The lowest BCUT2D eigenvalue weighted by Crippen LogP contribution is -2.30. The predicted octanol–water partition coefficient (Wildman–Crippen LogP) is 4.27. The van der Waals surface area contributed by atoms with E-state index < -0.39 is 10.0 Å². The number of nitrogens with zero attached hydrogens (tertiary/aromatic N) is 3. The quantitative estimate of drug-likeness (QED) is 0.500. The summed E-state index contributed by atoms with van der Waals surface area (Å²) >= 11 is 0. The normalized spacial score (nSPS) is 14.3. The van der Waals surface area contributed by atoms with Gasteiger partial charge < -0.3 is 4.90 Å². The maximum Gasteiger partial charge on any atom is 0.254 e. The van der Waals surface area contributed by atoms with Crippen molar-refractivity contribution < 1.29 is 13.2 Å². The van der Waals surface area contributed by atoms with E-state index in [9.17, 15) is 13.2 Å². The third-order valence-corrected chi connectivity index (χ3v) is 7.91. The zero-order valence-corrected chi connectivity index (χ0v) is 19.7. The fourth-order valence-electron chi connectivity index (χ4n) is 4.04. The molecule has 4 rings (SSSR count). The van der Waals surface area contributed by atoms with Gasteiger partial charge in [-0.25, -0.2) is 8.42 Å². The van der Waals surface area contributed by atoms with Crippen molar-refractivity contribution in [2.75, 3.05) is 13.1 Å². The van der Waals surface area contributed by atoms with E-state index in [1.165, 1.54) is 9.87 Å². The molecule has 172 valence electrons. The summed E-state index contributed by atoms with van der Waals surface area (Å²) < 4.78 is 27.1. The van der Waals surface area contributed by atoms with Gasteiger partial charge in [-0.1, -0.05) is 37.3 Å². The third kappa shape index (κ3) is 5.49. The zero-order valence-electron chi connectivity index (χ0n) is 18.9. The summed E-state index contributed by atoms with van der Waals surface area (Å²) in [6.07, 6.45) is 6.20. The molecule has 6 nitrogen and oxygen atoms in total. The van der Waals surface area contributed by atoms with Gasteiger partial charge in [-0.05, 0) is 66.3 Å². The van der Waals surface area contributed by atoms with E-state index in [1.807, 2.05) is 24.3 Å². The number of carbonyl (C=O) groups is 1. The SMILES string of the molecule is CCc1ccc(CN(Cc2cccnc2)C(=O)c2ccc(S(=O)(=O)N3CCCC3)cc2)cc1. The van der Waals surface area contributed by atoms with Crippen molar-refractivity contribution in [2.45, 2.75) is 44.2 Å².